The molecule has 0 aromatic carbocycles. The molecule has 1 aliphatic carbocycles. The molecule has 0 aromatic rings. The van der Waals surface area contributed by atoms with Crippen molar-refractivity contribution in [3.8, 4) is 6.07 Å². The molecule has 0 saturated carbocycles. The Morgan fingerprint density at radius 2 is 2.09 bits per heavy atom. The van der Waals surface area contributed by atoms with Gasteiger partial charge in [0, 0.05) is 5.92 Å². The molecule has 56 valence electrons. The molecule has 0 aliphatic heterocycles. The van der Waals surface area contributed by atoms with Crippen molar-refractivity contribution in [3.63, 3.8) is 0 Å². The predicted molar refractivity (Wildman–Crippen MR) is 42.5 cm³/mol. The van der Waals surface area contributed by atoms with Gasteiger partial charge in [0.2, 0.25) is 0 Å². The third kappa shape index (κ3) is 1.57. The van der Waals surface area contributed by atoms with Crippen LogP contribution in [0.15, 0.2) is 36.5 Å². The summed E-state index contributed by atoms with van der Waals surface area (Å²) in [6.45, 7) is 3.44. The summed E-state index contributed by atoms with van der Waals surface area (Å²) in [6, 6.07) is 1.83. The largest absolute Gasteiger partial charge is 0.387 e. The lowest BCUT2D eigenvalue weighted by Crippen LogP contribution is -2.16. The van der Waals surface area contributed by atoms with Gasteiger partial charge in [-0.3, -0.25) is 0 Å². The fraction of sp³-hybridized carbons (Fsp3) is 0.222. The van der Waals surface area contributed by atoms with Gasteiger partial charge in [0.25, 0.3) is 0 Å². The molecule has 1 aliphatic rings. The molecular formula is C9H9NO. The van der Waals surface area contributed by atoms with E-state index in [9.17, 15) is 5.11 Å². The zero-order valence-corrected chi connectivity index (χ0v) is 6.07. The molecular weight excluding hydrogens is 138 g/mol. The van der Waals surface area contributed by atoms with Gasteiger partial charge >= 0.3 is 0 Å². The summed E-state index contributed by atoms with van der Waals surface area (Å²) >= 11 is 0. The number of aliphatic hydroxyl groups is 1. The minimum absolute atomic E-state index is 0.0675. The van der Waals surface area contributed by atoms with Crippen molar-refractivity contribution >= 4 is 0 Å². The topological polar surface area (TPSA) is 44.0 Å². The highest BCUT2D eigenvalue weighted by Crippen LogP contribution is 2.17. The Morgan fingerprint density at radius 1 is 1.55 bits per heavy atom. The summed E-state index contributed by atoms with van der Waals surface area (Å²) in [5, 5.41) is 17.8. The minimum Gasteiger partial charge on any atom is -0.387 e. The lowest BCUT2D eigenvalue weighted by molar-refractivity contribution is 0.190. The second-order valence-corrected chi connectivity index (χ2v) is 2.43. The van der Waals surface area contributed by atoms with Gasteiger partial charge in [-0.1, -0.05) is 30.9 Å². The number of allylic oxidation sites excluding steroid dienone is 2. The van der Waals surface area contributed by atoms with E-state index in [0.29, 0.717) is 0 Å². The lowest BCUT2D eigenvalue weighted by Gasteiger charge is -2.11. The highest BCUT2D eigenvalue weighted by molar-refractivity contribution is 5.29. The van der Waals surface area contributed by atoms with Gasteiger partial charge in [-0.25, -0.2) is 0 Å². The molecule has 1 unspecified atom stereocenters. The number of hydrogen-bond donors (Lipinski definition) is 1. The van der Waals surface area contributed by atoms with Crippen LogP contribution in [0, 0.1) is 17.2 Å². The second kappa shape index (κ2) is 3.18. The zero-order valence-electron chi connectivity index (χ0n) is 6.07. The molecule has 0 fully saturated rings. The molecule has 11 heavy (non-hydrogen) atoms. The Morgan fingerprint density at radius 3 is 2.55 bits per heavy atom. The van der Waals surface area contributed by atoms with E-state index in [1.807, 2.05) is 30.4 Å². The van der Waals surface area contributed by atoms with Gasteiger partial charge in [0.05, 0.1) is 17.7 Å². The molecule has 0 amide bonds. The molecule has 1 atom stereocenters. The summed E-state index contributed by atoms with van der Waals surface area (Å²) in [4.78, 5) is 0. The number of rotatable bonds is 2. The third-order valence-corrected chi connectivity index (χ3v) is 1.64. The molecule has 0 aromatic heterocycles. The average molecular weight is 147 g/mol. The lowest BCUT2D eigenvalue weighted by atomic mass is 9.99. The van der Waals surface area contributed by atoms with Crippen LogP contribution >= 0.6 is 0 Å². The molecule has 0 heterocycles. The molecule has 2 nitrogen and oxygen atoms in total. The van der Waals surface area contributed by atoms with Crippen LogP contribution in [-0.2, 0) is 0 Å². The Balaban J connectivity index is 2.62. The summed E-state index contributed by atoms with van der Waals surface area (Å²) < 4.78 is 0. The van der Waals surface area contributed by atoms with Crippen LogP contribution in [0.4, 0.5) is 0 Å². The van der Waals surface area contributed by atoms with Crippen molar-refractivity contribution in [3.05, 3.63) is 36.5 Å². The smallest absolute Gasteiger partial charge is 0.0980 e. The molecule has 0 spiro atoms. The first-order valence-electron chi connectivity index (χ1n) is 3.37. The van der Waals surface area contributed by atoms with Crippen LogP contribution < -0.4 is 0 Å². The maximum atomic E-state index is 9.39. The van der Waals surface area contributed by atoms with Gasteiger partial charge < -0.3 is 5.11 Å². The van der Waals surface area contributed by atoms with Crippen molar-refractivity contribution in [2.75, 3.05) is 0 Å². The Labute approximate surface area is 65.8 Å². The number of nitriles is 1. The van der Waals surface area contributed by atoms with E-state index in [1.165, 1.54) is 0 Å². The van der Waals surface area contributed by atoms with Gasteiger partial charge in [-0.15, -0.1) is 0 Å². The van der Waals surface area contributed by atoms with E-state index < -0.39 is 6.10 Å². The summed E-state index contributed by atoms with van der Waals surface area (Å²) in [5.41, 5.74) is 0.214. The highest BCUT2D eigenvalue weighted by Gasteiger charge is 2.17. The summed E-state index contributed by atoms with van der Waals surface area (Å²) in [7, 11) is 0. The van der Waals surface area contributed by atoms with Crippen molar-refractivity contribution in [1.82, 2.24) is 0 Å². The van der Waals surface area contributed by atoms with Crippen molar-refractivity contribution in [2.45, 2.75) is 6.10 Å². The van der Waals surface area contributed by atoms with E-state index in [2.05, 4.69) is 6.58 Å². The van der Waals surface area contributed by atoms with Gasteiger partial charge in [-0.05, 0) is 0 Å². The van der Waals surface area contributed by atoms with Crippen molar-refractivity contribution in [1.29, 1.82) is 5.26 Å². The van der Waals surface area contributed by atoms with E-state index >= 15 is 0 Å². The number of aliphatic hydroxyl groups excluding tert-OH is 1. The SMILES string of the molecule is C=C(C#N)C(O)C1C=CC=C1. The van der Waals surface area contributed by atoms with Gasteiger partial charge in [-0.2, -0.15) is 5.26 Å². The number of nitrogens with zero attached hydrogens (tertiary/aromatic N) is 1. The monoisotopic (exact) mass is 147 g/mol. The Kier molecular flexibility index (Phi) is 2.25. The summed E-state index contributed by atoms with van der Waals surface area (Å²) in [6.07, 6.45) is 6.62. The molecule has 0 bridgehead atoms. The number of hydrogen-bond acceptors (Lipinski definition) is 2. The normalized spacial score (nSPS) is 18.2. The first kappa shape index (κ1) is 7.77. The molecule has 2 heteroatoms. The van der Waals surface area contributed by atoms with Crippen LogP contribution in [0.5, 0.6) is 0 Å². The second-order valence-electron chi connectivity index (χ2n) is 2.43. The van der Waals surface area contributed by atoms with Crippen LogP contribution in [0.3, 0.4) is 0 Å². The molecule has 1 N–H and O–H groups in total. The quantitative estimate of drug-likeness (QED) is 0.596. The van der Waals surface area contributed by atoms with E-state index in [0.717, 1.165) is 0 Å². The first-order chi connectivity index (χ1) is 5.25. The van der Waals surface area contributed by atoms with E-state index in [-0.39, 0.29) is 11.5 Å². The van der Waals surface area contributed by atoms with Crippen LogP contribution in [0.1, 0.15) is 0 Å². The third-order valence-electron chi connectivity index (χ3n) is 1.64. The minimum atomic E-state index is -0.755. The maximum absolute atomic E-state index is 9.39. The fourth-order valence-electron chi connectivity index (χ4n) is 0.958. The molecule has 1 rings (SSSR count). The Hall–Kier alpha value is -1.33. The fourth-order valence-corrected chi connectivity index (χ4v) is 0.958. The van der Waals surface area contributed by atoms with Crippen molar-refractivity contribution < 1.29 is 5.11 Å². The molecule has 0 saturated heterocycles. The van der Waals surface area contributed by atoms with Crippen LogP contribution in [0.2, 0.25) is 0 Å². The first-order valence-corrected chi connectivity index (χ1v) is 3.37. The van der Waals surface area contributed by atoms with Crippen LogP contribution in [0.25, 0.3) is 0 Å². The predicted octanol–water partition coefficient (Wildman–Crippen LogP) is 1.17. The van der Waals surface area contributed by atoms with E-state index in [4.69, 9.17) is 5.26 Å². The standard InChI is InChI=1S/C9H9NO/c1-7(6-10)9(11)8-4-2-3-5-8/h2-5,8-9,11H,1H2. The maximum Gasteiger partial charge on any atom is 0.0980 e. The van der Waals surface area contributed by atoms with Crippen molar-refractivity contribution in [2.24, 2.45) is 5.92 Å². The van der Waals surface area contributed by atoms with E-state index in [1.54, 1.807) is 0 Å². The van der Waals surface area contributed by atoms with Gasteiger partial charge in [0.1, 0.15) is 0 Å². The highest BCUT2D eigenvalue weighted by atomic mass is 16.3. The zero-order chi connectivity index (χ0) is 8.27. The van der Waals surface area contributed by atoms with Crippen LogP contribution in [-0.4, -0.2) is 11.2 Å². The summed E-state index contributed by atoms with van der Waals surface area (Å²) in [5.74, 6) is -0.0675. The molecule has 0 radical (unpaired) electrons. The average Bonchev–Trinajstić information content (AvgIpc) is 2.53. The van der Waals surface area contributed by atoms with Gasteiger partial charge in [0.15, 0.2) is 0 Å². The Bertz CT molecular complexity index is 245.